The second-order valence-electron chi connectivity index (χ2n) is 3.09. The smallest absolute Gasteiger partial charge is 0.184 e. The molecule has 3 aliphatic heterocycles. The van der Waals surface area contributed by atoms with Crippen molar-refractivity contribution < 1.29 is 0 Å². The summed E-state index contributed by atoms with van der Waals surface area (Å²) < 4.78 is 3.34. The first kappa shape index (κ1) is 6.99. The topological polar surface area (TPSA) is 42.9 Å². The van der Waals surface area contributed by atoms with Gasteiger partial charge in [-0.2, -0.15) is 5.10 Å². The van der Waals surface area contributed by atoms with Gasteiger partial charge in [0.05, 0.1) is 12.4 Å². The molecule has 5 nitrogen and oxygen atoms in total. The Morgan fingerprint density at radius 3 is 3.58 bits per heavy atom. The van der Waals surface area contributed by atoms with E-state index >= 15 is 0 Å². The molecular weight excluding hydrogens is 174 g/mol. The number of piperazine rings is 1. The van der Waals surface area contributed by atoms with E-state index in [0.29, 0.717) is 6.29 Å². The fourth-order valence-corrected chi connectivity index (χ4v) is 2.56. The second-order valence-corrected chi connectivity index (χ2v) is 3.87. The molecule has 0 aliphatic carbocycles. The molecule has 2 N–H and O–H groups in total. The van der Waals surface area contributed by atoms with Crippen LogP contribution in [0.25, 0.3) is 0 Å². The highest BCUT2D eigenvalue weighted by Gasteiger charge is 2.38. The molecule has 3 rings (SSSR count). The third kappa shape index (κ3) is 0.854. The van der Waals surface area contributed by atoms with Gasteiger partial charge >= 0.3 is 0 Å². The number of nitrogens with one attached hydrogen (secondary N) is 2. The van der Waals surface area contributed by atoms with Crippen LogP contribution in [0.2, 0.25) is 0 Å². The molecule has 0 saturated carbocycles. The molecule has 2 saturated heterocycles. The molecule has 66 valence electrons. The normalized spacial score (nSPS) is 33.3. The summed E-state index contributed by atoms with van der Waals surface area (Å²) >= 11 is 1.73. The Labute approximate surface area is 75.3 Å². The summed E-state index contributed by atoms with van der Waals surface area (Å²) in [4.78, 5) is 2.33. The van der Waals surface area contributed by atoms with Crippen LogP contribution < -0.4 is 10.0 Å². The summed E-state index contributed by atoms with van der Waals surface area (Å²) in [5, 5.41) is 9.92. The molecule has 0 aromatic heterocycles. The Hall–Kier alpha value is -0.460. The van der Waals surface area contributed by atoms with Crippen molar-refractivity contribution in [3.63, 3.8) is 0 Å². The molecule has 0 bridgehead atoms. The van der Waals surface area contributed by atoms with Crippen LogP contribution in [-0.2, 0) is 0 Å². The maximum atomic E-state index is 4.50. The molecule has 12 heavy (non-hydrogen) atoms. The molecule has 3 aliphatic rings. The molecule has 1 atom stereocenters. The number of nitrogens with zero attached hydrogens (tertiary/aromatic N) is 3. The van der Waals surface area contributed by atoms with E-state index in [4.69, 9.17) is 0 Å². The van der Waals surface area contributed by atoms with Crippen LogP contribution >= 0.6 is 11.9 Å². The van der Waals surface area contributed by atoms with Crippen LogP contribution in [0.15, 0.2) is 5.10 Å². The quantitative estimate of drug-likeness (QED) is 0.475. The lowest BCUT2D eigenvalue weighted by Gasteiger charge is -2.29. The zero-order valence-electron chi connectivity index (χ0n) is 6.66. The van der Waals surface area contributed by atoms with Crippen molar-refractivity contribution in [2.24, 2.45) is 5.10 Å². The highest BCUT2D eigenvalue weighted by Crippen LogP contribution is 2.24. The minimum absolute atomic E-state index is 0.326. The van der Waals surface area contributed by atoms with E-state index in [0.717, 1.165) is 25.5 Å². The first-order valence-corrected chi connectivity index (χ1v) is 5.12. The van der Waals surface area contributed by atoms with E-state index in [2.05, 4.69) is 25.0 Å². The largest absolute Gasteiger partial charge is 0.321 e. The summed E-state index contributed by atoms with van der Waals surface area (Å²) in [5.74, 6) is 2.14. The molecule has 0 aromatic rings. The fourth-order valence-electron chi connectivity index (χ4n) is 1.75. The zero-order chi connectivity index (χ0) is 7.97. The Kier molecular flexibility index (Phi) is 1.46. The summed E-state index contributed by atoms with van der Waals surface area (Å²) in [6.07, 6.45) is 0.326. The van der Waals surface area contributed by atoms with Gasteiger partial charge in [0, 0.05) is 13.1 Å². The SMILES string of the molecule is C1CN2C(=NN3CSNC32)CN1. The van der Waals surface area contributed by atoms with E-state index in [-0.39, 0.29) is 0 Å². The molecule has 2 fully saturated rings. The summed E-state index contributed by atoms with van der Waals surface area (Å²) in [5.41, 5.74) is 0. The third-order valence-electron chi connectivity index (χ3n) is 2.35. The van der Waals surface area contributed by atoms with E-state index in [9.17, 15) is 0 Å². The number of amidine groups is 1. The van der Waals surface area contributed by atoms with Crippen molar-refractivity contribution in [1.29, 1.82) is 0 Å². The fraction of sp³-hybridized carbons (Fsp3) is 0.833. The molecule has 0 amide bonds. The van der Waals surface area contributed by atoms with E-state index in [1.165, 1.54) is 5.84 Å². The summed E-state index contributed by atoms with van der Waals surface area (Å²) in [6.45, 7) is 3.04. The number of hydrogen-bond acceptors (Lipinski definition) is 6. The molecule has 0 aromatic carbocycles. The lowest BCUT2D eigenvalue weighted by atomic mass is 10.3. The lowest BCUT2D eigenvalue weighted by molar-refractivity contribution is 0.156. The Bertz CT molecular complexity index is 230. The minimum atomic E-state index is 0.326. The minimum Gasteiger partial charge on any atom is -0.321 e. The van der Waals surface area contributed by atoms with E-state index in [1.807, 2.05) is 0 Å². The molecular formula is C6H11N5S. The van der Waals surface area contributed by atoms with Gasteiger partial charge in [-0.05, 0) is 0 Å². The van der Waals surface area contributed by atoms with Gasteiger partial charge in [-0.1, -0.05) is 11.9 Å². The van der Waals surface area contributed by atoms with Gasteiger partial charge in [-0.25, -0.2) is 9.73 Å². The average Bonchev–Trinajstić information content (AvgIpc) is 2.62. The molecule has 3 heterocycles. The average molecular weight is 185 g/mol. The third-order valence-corrected chi connectivity index (χ3v) is 3.12. The summed E-state index contributed by atoms with van der Waals surface area (Å²) in [7, 11) is 0. The predicted molar refractivity (Wildman–Crippen MR) is 48.2 cm³/mol. The van der Waals surface area contributed by atoms with Crippen molar-refractivity contribution in [1.82, 2.24) is 19.9 Å². The van der Waals surface area contributed by atoms with Crippen molar-refractivity contribution in [3.8, 4) is 0 Å². The van der Waals surface area contributed by atoms with Gasteiger partial charge in [0.25, 0.3) is 0 Å². The van der Waals surface area contributed by atoms with Gasteiger partial charge in [0.2, 0.25) is 0 Å². The first-order valence-electron chi connectivity index (χ1n) is 4.14. The van der Waals surface area contributed by atoms with Gasteiger partial charge in [0.1, 0.15) is 5.84 Å². The van der Waals surface area contributed by atoms with Gasteiger partial charge < -0.3 is 10.2 Å². The molecule has 0 spiro atoms. The monoisotopic (exact) mass is 185 g/mol. The predicted octanol–water partition coefficient (Wildman–Crippen LogP) is -0.987. The van der Waals surface area contributed by atoms with Crippen LogP contribution in [-0.4, -0.2) is 47.5 Å². The van der Waals surface area contributed by atoms with Crippen molar-refractivity contribution in [2.45, 2.75) is 6.29 Å². The van der Waals surface area contributed by atoms with Crippen LogP contribution in [0, 0.1) is 0 Å². The van der Waals surface area contributed by atoms with Crippen LogP contribution in [0.1, 0.15) is 0 Å². The van der Waals surface area contributed by atoms with Crippen LogP contribution in [0.4, 0.5) is 0 Å². The maximum Gasteiger partial charge on any atom is 0.184 e. The van der Waals surface area contributed by atoms with E-state index in [1.54, 1.807) is 11.9 Å². The van der Waals surface area contributed by atoms with Crippen molar-refractivity contribution >= 4 is 17.8 Å². The Morgan fingerprint density at radius 2 is 2.58 bits per heavy atom. The summed E-state index contributed by atoms with van der Waals surface area (Å²) in [6, 6.07) is 0. The number of rotatable bonds is 0. The van der Waals surface area contributed by atoms with Gasteiger partial charge in [-0.3, -0.25) is 0 Å². The van der Waals surface area contributed by atoms with Gasteiger partial charge in [0.15, 0.2) is 6.29 Å². The molecule has 6 heteroatoms. The van der Waals surface area contributed by atoms with Crippen LogP contribution in [0.3, 0.4) is 0 Å². The van der Waals surface area contributed by atoms with E-state index < -0.39 is 0 Å². The second kappa shape index (κ2) is 2.51. The highest BCUT2D eigenvalue weighted by molar-refractivity contribution is 7.97. The first-order chi connectivity index (χ1) is 5.95. The lowest BCUT2D eigenvalue weighted by Crippen LogP contribution is -2.53. The standard InChI is InChI=1S/C6H11N5S/c1-2-10-5(3-7-1)8-11-4-12-9-6(10)11/h6-7,9H,1-4H2. The molecule has 0 radical (unpaired) electrons. The van der Waals surface area contributed by atoms with Crippen molar-refractivity contribution in [3.05, 3.63) is 0 Å². The number of fused-ring (bicyclic) bond motifs is 3. The number of hydrogen-bond donors (Lipinski definition) is 2. The molecule has 1 unspecified atom stereocenters. The number of hydrazone groups is 1. The Morgan fingerprint density at radius 1 is 1.58 bits per heavy atom. The van der Waals surface area contributed by atoms with Crippen molar-refractivity contribution in [2.75, 3.05) is 25.5 Å². The zero-order valence-corrected chi connectivity index (χ0v) is 7.47. The van der Waals surface area contributed by atoms with Crippen LogP contribution in [0.5, 0.6) is 0 Å². The Balaban J connectivity index is 1.87. The van der Waals surface area contributed by atoms with Gasteiger partial charge in [-0.15, -0.1) is 0 Å². The highest BCUT2D eigenvalue weighted by atomic mass is 32.2. The maximum absolute atomic E-state index is 4.50.